The maximum atomic E-state index is 5.77. The maximum Gasteiger partial charge on any atom is 0.397 e. The van der Waals surface area contributed by atoms with E-state index in [0.717, 1.165) is 0 Å². The highest BCUT2D eigenvalue weighted by molar-refractivity contribution is 7.42. The lowest BCUT2D eigenvalue weighted by Crippen LogP contribution is -2.44. The second-order valence-electron chi connectivity index (χ2n) is 6.07. The molecule has 0 N–H and O–H groups in total. The van der Waals surface area contributed by atoms with Gasteiger partial charge in [-0.05, 0) is 18.2 Å². The van der Waals surface area contributed by atoms with E-state index in [1.54, 1.807) is 54.7 Å². The van der Waals surface area contributed by atoms with Crippen LogP contribution in [0.2, 0.25) is 0 Å². The zero-order chi connectivity index (χ0) is 21.0. The van der Waals surface area contributed by atoms with E-state index in [1.165, 1.54) is 0 Å². The summed E-state index contributed by atoms with van der Waals surface area (Å²) in [5, 5.41) is 0. The van der Waals surface area contributed by atoms with Crippen LogP contribution in [-0.4, -0.2) is 26.4 Å². The minimum Gasteiger partial charge on any atom is -0.427 e. The highest BCUT2D eigenvalue weighted by atomic mass is 31.2. The van der Waals surface area contributed by atoms with Crippen LogP contribution in [0.15, 0.2) is 98.6 Å². The largest absolute Gasteiger partial charge is 0.427 e. The third kappa shape index (κ3) is 8.23. The zero-order valence-corrected chi connectivity index (χ0v) is 18.1. The Bertz CT molecular complexity index is 692. The molecule has 0 aromatic rings. The van der Waals surface area contributed by atoms with Gasteiger partial charge in [-0.1, -0.05) is 68.8 Å². The summed E-state index contributed by atoms with van der Waals surface area (Å²) >= 11 is 0. The molecule has 2 aliphatic rings. The Morgan fingerprint density at radius 2 is 1.31 bits per heavy atom. The van der Waals surface area contributed by atoms with Crippen LogP contribution >= 0.6 is 17.2 Å². The quantitative estimate of drug-likeness (QED) is 0.232. The van der Waals surface area contributed by atoms with Crippen molar-refractivity contribution in [3.8, 4) is 0 Å². The van der Waals surface area contributed by atoms with Crippen LogP contribution in [0.4, 0.5) is 0 Å². The van der Waals surface area contributed by atoms with Gasteiger partial charge in [-0.25, -0.2) is 0 Å². The summed E-state index contributed by atoms with van der Waals surface area (Å²) in [6.45, 7) is 16.3. The summed E-state index contributed by atoms with van der Waals surface area (Å²) in [4.78, 5) is 0. The molecule has 2 saturated heterocycles. The van der Waals surface area contributed by atoms with Gasteiger partial charge in [0.25, 0.3) is 0 Å². The van der Waals surface area contributed by atoms with Crippen LogP contribution in [0.25, 0.3) is 0 Å². The topological polar surface area (TPSA) is 55.4 Å². The molecular formula is C21H26O6P2. The minimum absolute atomic E-state index is 0.381. The highest BCUT2D eigenvalue weighted by Crippen LogP contribution is 2.54. The molecule has 0 radical (unpaired) electrons. The van der Waals surface area contributed by atoms with Gasteiger partial charge >= 0.3 is 17.2 Å². The first-order valence-corrected chi connectivity index (χ1v) is 11.0. The molecule has 29 heavy (non-hydrogen) atoms. The normalized spacial score (nSPS) is 28.1. The van der Waals surface area contributed by atoms with Crippen LogP contribution < -0.4 is 0 Å². The molecule has 0 saturated carbocycles. The first-order chi connectivity index (χ1) is 14.1. The molecule has 0 amide bonds. The average molecular weight is 436 g/mol. The van der Waals surface area contributed by atoms with Crippen LogP contribution in [0.3, 0.4) is 0 Å². The van der Waals surface area contributed by atoms with Gasteiger partial charge in [0.2, 0.25) is 0 Å². The molecule has 156 valence electrons. The highest BCUT2D eigenvalue weighted by Gasteiger charge is 2.44. The second-order valence-corrected chi connectivity index (χ2v) is 8.36. The van der Waals surface area contributed by atoms with Gasteiger partial charge < -0.3 is 27.1 Å². The average Bonchev–Trinajstić information content (AvgIpc) is 2.73. The third-order valence-electron chi connectivity index (χ3n) is 3.60. The Hall–Kier alpha value is -1.78. The number of hydrogen-bond donors (Lipinski definition) is 0. The molecular weight excluding hydrogens is 410 g/mol. The molecule has 2 heterocycles. The standard InChI is InChI=1S/C21H26O6P2/c1-5-8-10-11-13-19(4)26-28-22-15-21(16-23-28)17-24-29(25-18-21)27-20(12-7-3)14-9-6-2/h5-14H,1-4,15-18H2/b10-8-,13-11-,14-9-,20-12+. The van der Waals surface area contributed by atoms with Gasteiger partial charge in [-0.2, -0.15) is 0 Å². The predicted octanol–water partition coefficient (Wildman–Crippen LogP) is 6.18. The van der Waals surface area contributed by atoms with Crippen LogP contribution in [-0.2, 0) is 27.1 Å². The summed E-state index contributed by atoms with van der Waals surface area (Å²) in [5.41, 5.74) is -0.381. The molecule has 2 aliphatic heterocycles. The lowest BCUT2D eigenvalue weighted by Gasteiger charge is -2.41. The fourth-order valence-electron chi connectivity index (χ4n) is 2.10. The van der Waals surface area contributed by atoms with E-state index in [1.807, 2.05) is 6.08 Å². The molecule has 0 unspecified atom stereocenters. The molecule has 0 bridgehead atoms. The Morgan fingerprint density at radius 1 is 0.724 bits per heavy atom. The van der Waals surface area contributed by atoms with Gasteiger partial charge in [0, 0.05) is 0 Å². The maximum absolute atomic E-state index is 5.77. The molecule has 0 aromatic carbocycles. The second kappa shape index (κ2) is 12.7. The number of rotatable bonds is 10. The minimum atomic E-state index is -1.50. The Balaban J connectivity index is 1.77. The van der Waals surface area contributed by atoms with Crippen LogP contribution in [0.5, 0.6) is 0 Å². The Morgan fingerprint density at radius 3 is 1.86 bits per heavy atom. The van der Waals surface area contributed by atoms with E-state index >= 15 is 0 Å². The van der Waals surface area contributed by atoms with Crippen molar-refractivity contribution in [2.24, 2.45) is 5.41 Å². The molecule has 6 nitrogen and oxygen atoms in total. The van der Waals surface area contributed by atoms with Crippen molar-refractivity contribution in [1.29, 1.82) is 0 Å². The van der Waals surface area contributed by atoms with Crippen molar-refractivity contribution in [3.63, 3.8) is 0 Å². The molecule has 2 fully saturated rings. The van der Waals surface area contributed by atoms with E-state index in [2.05, 4.69) is 26.3 Å². The van der Waals surface area contributed by atoms with E-state index in [0.29, 0.717) is 37.9 Å². The summed E-state index contributed by atoms with van der Waals surface area (Å²) in [6, 6.07) is 0. The van der Waals surface area contributed by atoms with Crippen molar-refractivity contribution in [2.75, 3.05) is 26.4 Å². The molecule has 0 atom stereocenters. The smallest absolute Gasteiger partial charge is 0.397 e. The first kappa shape index (κ1) is 23.5. The van der Waals surface area contributed by atoms with Gasteiger partial charge in [-0.3, -0.25) is 0 Å². The van der Waals surface area contributed by atoms with E-state index in [9.17, 15) is 0 Å². The molecule has 0 aromatic heterocycles. The van der Waals surface area contributed by atoms with E-state index in [4.69, 9.17) is 27.1 Å². The molecule has 2 rings (SSSR count). The summed E-state index contributed by atoms with van der Waals surface area (Å²) in [6.07, 6.45) is 17.4. The van der Waals surface area contributed by atoms with Crippen LogP contribution in [0, 0.1) is 5.41 Å². The first-order valence-electron chi connectivity index (χ1n) is 8.85. The summed E-state index contributed by atoms with van der Waals surface area (Å²) < 4.78 is 34.3. The van der Waals surface area contributed by atoms with Crippen molar-refractivity contribution in [3.05, 3.63) is 98.6 Å². The van der Waals surface area contributed by atoms with Gasteiger partial charge in [0.15, 0.2) is 0 Å². The van der Waals surface area contributed by atoms with Gasteiger partial charge in [0.05, 0.1) is 31.8 Å². The lowest BCUT2D eigenvalue weighted by molar-refractivity contribution is -0.0714. The van der Waals surface area contributed by atoms with E-state index in [-0.39, 0.29) is 5.41 Å². The van der Waals surface area contributed by atoms with Gasteiger partial charge in [-0.15, -0.1) is 0 Å². The number of hydrogen-bond acceptors (Lipinski definition) is 6. The fourth-order valence-corrected chi connectivity index (χ4v) is 4.52. The summed E-state index contributed by atoms with van der Waals surface area (Å²) in [5.74, 6) is 1.05. The lowest BCUT2D eigenvalue weighted by atomic mass is 9.93. The molecule has 1 spiro atoms. The van der Waals surface area contributed by atoms with E-state index < -0.39 is 17.2 Å². The van der Waals surface area contributed by atoms with Gasteiger partial charge in [0.1, 0.15) is 11.5 Å². The van der Waals surface area contributed by atoms with Crippen molar-refractivity contribution in [1.82, 2.24) is 0 Å². The predicted molar refractivity (Wildman–Crippen MR) is 117 cm³/mol. The van der Waals surface area contributed by atoms with Crippen LogP contribution in [0.1, 0.15) is 0 Å². The monoisotopic (exact) mass is 436 g/mol. The fraction of sp³-hybridized carbons (Fsp3) is 0.238. The van der Waals surface area contributed by atoms with Crippen molar-refractivity contribution in [2.45, 2.75) is 0 Å². The SMILES string of the molecule is C=C/C=C\C=C/C(=C)OP1OCC2(CO1)COP(OC(/C=C\C=C)=C/C=C)OC2. The number of allylic oxidation sites excluding steroid dienone is 10. The van der Waals surface area contributed by atoms with Crippen molar-refractivity contribution >= 4 is 17.2 Å². The van der Waals surface area contributed by atoms with Crippen molar-refractivity contribution < 1.29 is 27.1 Å². The summed E-state index contributed by atoms with van der Waals surface area (Å²) in [7, 11) is -2.99. The Kier molecular flexibility index (Phi) is 10.3. The third-order valence-corrected chi connectivity index (χ3v) is 5.70. The zero-order valence-electron chi connectivity index (χ0n) is 16.3. The Labute approximate surface area is 175 Å². The molecule has 8 heteroatoms. The molecule has 0 aliphatic carbocycles.